The number of nitrogens with one attached hydrogen (secondary N) is 1. The topological polar surface area (TPSA) is 45.0 Å². The maximum atomic E-state index is 9.17. The van der Waals surface area contributed by atoms with Crippen molar-refractivity contribution in [1.82, 2.24) is 5.32 Å². The Morgan fingerprint density at radius 2 is 2.50 bits per heavy atom. The van der Waals surface area contributed by atoms with Gasteiger partial charge in [0.15, 0.2) is 0 Å². The Morgan fingerprint density at radius 1 is 1.71 bits per heavy atom. The average Bonchev–Trinajstić information content (AvgIpc) is 2.63. The molecule has 1 unspecified atom stereocenters. The van der Waals surface area contributed by atoms with Crippen molar-refractivity contribution in [2.75, 3.05) is 20.3 Å². The lowest BCUT2D eigenvalue weighted by molar-refractivity contribution is -0.0957. The summed E-state index contributed by atoms with van der Waals surface area (Å²) in [7, 11) is 1.89. The Labute approximate surface area is 87.3 Å². The van der Waals surface area contributed by atoms with Gasteiger partial charge in [-0.2, -0.15) is 5.26 Å². The number of hydrogen-bond acceptors (Lipinski definition) is 4. The predicted molar refractivity (Wildman–Crippen MR) is 55.0 cm³/mol. The molecule has 1 saturated heterocycles. The van der Waals surface area contributed by atoms with E-state index < -0.39 is 0 Å². The standard InChI is InChI=1S/C10H12N2OS/c1-12-9(8-3-2-4-14-8)10(5-11)6-13-7-10/h2-4,9,12H,6-7H2,1H3. The van der Waals surface area contributed by atoms with E-state index in [2.05, 4.69) is 17.5 Å². The molecule has 1 fully saturated rings. The van der Waals surface area contributed by atoms with E-state index in [9.17, 15) is 5.26 Å². The van der Waals surface area contributed by atoms with Gasteiger partial charge in [0.05, 0.1) is 25.3 Å². The molecule has 1 aliphatic heterocycles. The molecule has 0 saturated carbocycles. The predicted octanol–water partition coefficient (Wildman–Crippen LogP) is 1.55. The molecule has 3 nitrogen and oxygen atoms in total. The summed E-state index contributed by atoms with van der Waals surface area (Å²) < 4.78 is 5.15. The highest BCUT2D eigenvalue weighted by molar-refractivity contribution is 7.10. The summed E-state index contributed by atoms with van der Waals surface area (Å²) in [6.07, 6.45) is 0. The molecule has 0 radical (unpaired) electrons. The van der Waals surface area contributed by atoms with Crippen LogP contribution in [0.2, 0.25) is 0 Å². The third-order valence-corrected chi connectivity index (χ3v) is 3.55. The van der Waals surface area contributed by atoms with Crippen molar-refractivity contribution in [3.63, 3.8) is 0 Å². The smallest absolute Gasteiger partial charge is 0.124 e. The van der Waals surface area contributed by atoms with Crippen LogP contribution in [-0.4, -0.2) is 20.3 Å². The molecular formula is C10H12N2OS. The van der Waals surface area contributed by atoms with Crippen molar-refractivity contribution in [3.05, 3.63) is 22.4 Å². The van der Waals surface area contributed by atoms with Crippen molar-refractivity contribution >= 4 is 11.3 Å². The molecule has 0 spiro atoms. The van der Waals surface area contributed by atoms with Gasteiger partial charge in [0.1, 0.15) is 5.41 Å². The largest absolute Gasteiger partial charge is 0.378 e. The molecule has 0 aromatic carbocycles. The van der Waals surface area contributed by atoms with Gasteiger partial charge in [-0.25, -0.2) is 0 Å². The van der Waals surface area contributed by atoms with E-state index in [0.717, 1.165) is 0 Å². The number of rotatable bonds is 3. The van der Waals surface area contributed by atoms with Crippen molar-refractivity contribution in [1.29, 1.82) is 5.26 Å². The van der Waals surface area contributed by atoms with Crippen molar-refractivity contribution in [2.45, 2.75) is 6.04 Å². The molecule has 14 heavy (non-hydrogen) atoms. The summed E-state index contributed by atoms with van der Waals surface area (Å²) >= 11 is 1.68. The highest BCUT2D eigenvalue weighted by atomic mass is 32.1. The van der Waals surface area contributed by atoms with E-state index in [0.29, 0.717) is 13.2 Å². The van der Waals surface area contributed by atoms with Crippen LogP contribution in [0.3, 0.4) is 0 Å². The molecule has 0 aliphatic carbocycles. The molecule has 1 aromatic rings. The summed E-state index contributed by atoms with van der Waals surface area (Å²) in [5, 5.41) is 14.4. The third kappa shape index (κ3) is 1.34. The Bertz CT molecular complexity index is 338. The van der Waals surface area contributed by atoms with Crippen LogP contribution >= 0.6 is 11.3 Å². The first-order chi connectivity index (χ1) is 6.82. The summed E-state index contributed by atoms with van der Waals surface area (Å²) in [5.41, 5.74) is -0.362. The lowest BCUT2D eigenvalue weighted by Gasteiger charge is -2.40. The molecule has 1 aliphatic rings. The van der Waals surface area contributed by atoms with Gasteiger partial charge in [0.25, 0.3) is 0 Å². The van der Waals surface area contributed by atoms with E-state index in [-0.39, 0.29) is 11.5 Å². The van der Waals surface area contributed by atoms with Crippen LogP contribution in [-0.2, 0) is 4.74 Å². The second-order valence-electron chi connectivity index (χ2n) is 3.50. The van der Waals surface area contributed by atoms with Gasteiger partial charge >= 0.3 is 0 Å². The maximum Gasteiger partial charge on any atom is 0.124 e. The van der Waals surface area contributed by atoms with Gasteiger partial charge in [-0.05, 0) is 18.5 Å². The summed E-state index contributed by atoms with van der Waals surface area (Å²) in [6.45, 7) is 1.07. The van der Waals surface area contributed by atoms with E-state index in [1.165, 1.54) is 4.88 Å². The van der Waals surface area contributed by atoms with Crippen LogP contribution < -0.4 is 5.32 Å². The van der Waals surface area contributed by atoms with Gasteiger partial charge in [-0.15, -0.1) is 11.3 Å². The van der Waals surface area contributed by atoms with Gasteiger partial charge in [0.2, 0.25) is 0 Å². The van der Waals surface area contributed by atoms with Gasteiger partial charge in [-0.1, -0.05) is 6.07 Å². The summed E-state index contributed by atoms with van der Waals surface area (Å²) in [6, 6.07) is 6.54. The Kier molecular flexibility index (Phi) is 2.55. The van der Waals surface area contributed by atoms with Crippen molar-refractivity contribution in [3.8, 4) is 6.07 Å². The lowest BCUT2D eigenvalue weighted by Crippen LogP contribution is -2.49. The molecule has 0 bridgehead atoms. The van der Waals surface area contributed by atoms with Crippen molar-refractivity contribution in [2.24, 2.45) is 5.41 Å². The molecule has 1 atom stereocenters. The molecule has 2 rings (SSSR count). The zero-order chi connectivity index (χ0) is 10.0. The Hall–Kier alpha value is -0.890. The minimum absolute atomic E-state index is 0.0984. The fraction of sp³-hybridized carbons (Fsp3) is 0.500. The normalized spacial score (nSPS) is 20.9. The van der Waals surface area contributed by atoms with Crippen LogP contribution in [0.5, 0.6) is 0 Å². The molecular weight excluding hydrogens is 196 g/mol. The Balaban J connectivity index is 2.26. The number of thiophene rings is 1. The second-order valence-corrected chi connectivity index (χ2v) is 4.48. The van der Waals surface area contributed by atoms with E-state index in [1.807, 2.05) is 18.5 Å². The minimum atomic E-state index is -0.362. The first-order valence-electron chi connectivity index (χ1n) is 4.52. The summed E-state index contributed by atoms with van der Waals surface area (Å²) in [5.74, 6) is 0. The molecule has 1 aromatic heterocycles. The quantitative estimate of drug-likeness (QED) is 0.819. The number of nitriles is 1. The molecule has 1 N–H and O–H groups in total. The SMILES string of the molecule is CNC(c1cccs1)C1(C#N)COC1. The van der Waals surface area contributed by atoms with Crippen LogP contribution in [0, 0.1) is 16.7 Å². The lowest BCUT2D eigenvalue weighted by atomic mass is 9.79. The zero-order valence-corrected chi connectivity index (χ0v) is 8.80. The molecule has 0 amide bonds. The first-order valence-corrected chi connectivity index (χ1v) is 5.40. The van der Waals surface area contributed by atoms with Crippen LogP contribution in [0.15, 0.2) is 17.5 Å². The second kappa shape index (κ2) is 3.70. The van der Waals surface area contributed by atoms with Gasteiger partial charge in [-0.3, -0.25) is 0 Å². The highest BCUT2D eigenvalue weighted by Crippen LogP contribution is 2.41. The van der Waals surface area contributed by atoms with Crippen LogP contribution in [0.25, 0.3) is 0 Å². The molecule has 2 heterocycles. The number of ether oxygens (including phenoxy) is 1. The fourth-order valence-electron chi connectivity index (χ4n) is 1.76. The number of nitrogens with zero attached hydrogens (tertiary/aromatic N) is 1. The van der Waals surface area contributed by atoms with Crippen LogP contribution in [0.1, 0.15) is 10.9 Å². The highest BCUT2D eigenvalue weighted by Gasteiger charge is 2.46. The monoisotopic (exact) mass is 208 g/mol. The minimum Gasteiger partial charge on any atom is -0.378 e. The zero-order valence-electron chi connectivity index (χ0n) is 7.99. The molecule has 4 heteroatoms. The first kappa shape index (κ1) is 9.66. The molecule has 74 valence electrons. The van der Waals surface area contributed by atoms with E-state index in [1.54, 1.807) is 11.3 Å². The Morgan fingerprint density at radius 3 is 2.86 bits per heavy atom. The van der Waals surface area contributed by atoms with Crippen LogP contribution in [0.4, 0.5) is 0 Å². The van der Waals surface area contributed by atoms with Gasteiger partial charge in [0, 0.05) is 4.88 Å². The fourth-order valence-corrected chi connectivity index (χ4v) is 2.72. The maximum absolute atomic E-state index is 9.17. The van der Waals surface area contributed by atoms with Crippen molar-refractivity contribution < 1.29 is 4.74 Å². The summed E-state index contributed by atoms with van der Waals surface area (Å²) in [4.78, 5) is 1.21. The average molecular weight is 208 g/mol. The third-order valence-electron chi connectivity index (χ3n) is 2.61. The van der Waals surface area contributed by atoms with Gasteiger partial charge < -0.3 is 10.1 Å². The van der Waals surface area contributed by atoms with E-state index >= 15 is 0 Å². The number of hydrogen-bond donors (Lipinski definition) is 1. The van der Waals surface area contributed by atoms with E-state index in [4.69, 9.17) is 4.74 Å².